The normalized spacial score (nSPS) is 41.2. The van der Waals surface area contributed by atoms with E-state index in [4.69, 9.17) is 0 Å². The van der Waals surface area contributed by atoms with Crippen LogP contribution in [-0.4, -0.2) is 0 Å². The molecule has 0 aromatic heterocycles. The standard InChI is InChI=1S/C24H44/c1-3-19-8-5-10-21(14-19)16-23-12-7-13-24(18-23)17-22-11-6-9-20(4-2)15-22/h19-24H,3-18H2,1-2H3. The Morgan fingerprint density at radius 1 is 0.458 bits per heavy atom. The Morgan fingerprint density at radius 2 is 0.750 bits per heavy atom. The molecular weight excluding hydrogens is 288 g/mol. The molecule has 3 fully saturated rings. The van der Waals surface area contributed by atoms with Gasteiger partial charge < -0.3 is 0 Å². The minimum Gasteiger partial charge on any atom is -0.0651 e. The fourth-order valence-corrected chi connectivity index (χ4v) is 6.75. The second kappa shape index (κ2) is 9.63. The van der Waals surface area contributed by atoms with Crippen LogP contribution in [0, 0.1) is 35.5 Å². The first-order chi connectivity index (χ1) is 11.8. The highest BCUT2D eigenvalue weighted by molar-refractivity contribution is 4.82. The van der Waals surface area contributed by atoms with E-state index in [0.29, 0.717) is 0 Å². The first-order valence-electron chi connectivity index (χ1n) is 11.8. The topological polar surface area (TPSA) is 0 Å². The smallest absolute Gasteiger partial charge is 0.0409 e. The maximum atomic E-state index is 2.41. The van der Waals surface area contributed by atoms with Gasteiger partial charge in [0, 0.05) is 0 Å². The van der Waals surface area contributed by atoms with E-state index in [1.165, 1.54) is 38.5 Å². The Kier molecular flexibility index (Phi) is 7.54. The average molecular weight is 333 g/mol. The predicted molar refractivity (Wildman–Crippen MR) is 106 cm³/mol. The molecule has 140 valence electrons. The van der Waals surface area contributed by atoms with Crippen LogP contribution in [0.5, 0.6) is 0 Å². The van der Waals surface area contributed by atoms with Crippen LogP contribution in [0.2, 0.25) is 0 Å². The summed E-state index contributed by atoms with van der Waals surface area (Å²) >= 11 is 0. The minimum atomic E-state index is 1.07. The van der Waals surface area contributed by atoms with Crippen molar-refractivity contribution >= 4 is 0 Å². The summed E-state index contributed by atoms with van der Waals surface area (Å²) in [6, 6.07) is 0. The molecule has 3 aliphatic rings. The lowest BCUT2D eigenvalue weighted by atomic mass is 9.69. The van der Waals surface area contributed by atoms with Gasteiger partial charge in [-0.3, -0.25) is 0 Å². The van der Waals surface area contributed by atoms with Crippen LogP contribution >= 0.6 is 0 Å². The molecule has 0 heteroatoms. The van der Waals surface area contributed by atoms with E-state index in [1.807, 2.05) is 0 Å². The van der Waals surface area contributed by atoms with Crippen molar-refractivity contribution in [2.24, 2.45) is 35.5 Å². The van der Waals surface area contributed by atoms with E-state index in [2.05, 4.69) is 13.8 Å². The minimum absolute atomic E-state index is 1.07. The third-order valence-electron chi connectivity index (χ3n) is 8.16. The molecule has 0 heterocycles. The van der Waals surface area contributed by atoms with Crippen molar-refractivity contribution in [3.63, 3.8) is 0 Å². The van der Waals surface area contributed by atoms with E-state index in [9.17, 15) is 0 Å². The summed E-state index contributed by atoms with van der Waals surface area (Å²) in [5.74, 6) is 6.50. The highest BCUT2D eigenvalue weighted by Crippen LogP contribution is 2.43. The quantitative estimate of drug-likeness (QED) is 0.462. The summed E-state index contributed by atoms with van der Waals surface area (Å²) < 4.78 is 0. The zero-order valence-electron chi connectivity index (χ0n) is 16.8. The van der Waals surface area contributed by atoms with Crippen molar-refractivity contribution in [1.29, 1.82) is 0 Å². The lowest BCUT2D eigenvalue weighted by molar-refractivity contribution is 0.149. The molecule has 0 aromatic rings. The van der Waals surface area contributed by atoms with Gasteiger partial charge in [-0.1, -0.05) is 84.5 Å². The average Bonchev–Trinajstić information content (AvgIpc) is 2.62. The van der Waals surface area contributed by atoms with Crippen molar-refractivity contribution in [3.05, 3.63) is 0 Å². The van der Waals surface area contributed by atoms with E-state index < -0.39 is 0 Å². The molecule has 0 bridgehead atoms. The molecule has 0 radical (unpaired) electrons. The highest BCUT2D eigenvalue weighted by atomic mass is 14.4. The van der Waals surface area contributed by atoms with Gasteiger partial charge in [0.2, 0.25) is 0 Å². The molecule has 0 amide bonds. The third kappa shape index (κ3) is 5.50. The second-order valence-electron chi connectivity index (χ2n) is 9.98. The molecule has 0 nitrogen and oxygen atoms in total. The van der Waals surface area contributed by atoms with Gasteiger partial charge in [0.05, 0.1) is 0 Å². The molecule has 0 N–H and O–H groups in total. The largest absolute Gasteiger partial charge is 0.0651 e. The molecule has 3 aliphatic carbocycles. The SMILES string of the molecule is CCC1CCCC(CC2CCCC(CC3CCCC(CC)C3)C2)C1. The van der Waals surface area contributed by atoms with Gasteiger partial charge in [0.15, 0.2) is 0 Å². The van der Waals surface area contributed by atoms with Crippen molar-refractivity contribution in [2.45, 2.75) is 117 Å². The summed E-state index contributed by atoms with van der Waals surface area (Å²) in [5.41, 5.74) is 0. The summed E-state index contributed by atoms with van der Waals surface area (Å²) in [5, 5.41) is 0. The van der Waals surface area contributed by atoms with E-state index in [-0.39, 0.29) is 0 Å². The summed E-state index contributed by atoms with van der Waals surface area (Å²) in [6.07, 6.45) is 24.7. The maximum absolute atomic E-state index is 2.41. The van der Waals surface area contributed by atoms with Gasteiger partial charge in [-0.15, -0.1) is 0 Å². The summed E-state index contributed by atoms with van der Waals surface area (Å²) in [7, 11) is 0. The molecular formula is C24H44. The van der Waals surface area contributed by atoms with Crippen LogP contribution < -0.4 is 0 Å². The zero-order valence-corrected chi connectivity index (χ0v) is 16.8. The van der Waals surface area contributed by atoms with Crippen molar-refractivity contribution in [3.8, 4) is 0 Å². The summed E-state index contributed by atoms with van der Waals surface area (Å²) in [4.78, 5) is 0. The number of hydrogen-bond acceptors (Lipinski definition) is 0. The Balaban J connectivity index is 1.42. The van der Waals surface area contributed by atoms with Gasteiger partial charge >= 0.3 is 0 Å². The van der Waals surface area contributed by atoms with E-state index in [0.717, 1.165) is 35.5 Å². The lowest BCUT2D eigenvalue weighted by Gasteiger charge is -2.37. The van der Waals surface area contributed by atoms with Crippen molar-refractivity contribution in [2.75, 3.05) is 0 Å². The third-order valence-corrected chi connectivity index (χ3v) is 8.16. The molecule has 0 spiro atoms. The predicted octanol–water partition coefficient (Wildman–Crippen LogP) is 8.01. The highest BCUT2D eigenvalue weighted by Gasteiger charge is 2.30. The Labute approximate surface area is 152 Å². The number of hydrogen-bond donors (Lipinski definition) is 0. The number of rotatable bonds is 6. The fraction of sp³-hybridized carbons (Fsp3) is 1.00. The first-order valence-corrected chi connectivity index (χ1v) is 11.8. The van der Waals surface area contributed by atoms with Crippen LogP contribution in [0.25, 0.3) is 0 Å². The van der Waals surface area contributed by atoms with Gasteiger partial charge in [-0.05, 0) is 67.6 Å². The summed E-state index contributed by atoms with van der Waals surface area (Å²) in [6.45, 7) is 4.83. The molecule has 0 aromatic carbocycles. The molecule has 24 heavy (non-hydrogen) atoms. The molecule has 0 saturated heterocycles. The second-order valence-corrected chi connectivity index (χ2v) is 9.98. The monoisotopic (exact) mass is 332 g/mol. The lowest BCUT2D eigenvalue weighted by Crippen LogP contribution is -2.24. The van der Waals surface area contributed by atoms with E-state index >= 15 is 0 Å². The van der Waals surface area contributed by atoms with Crippen LogP contribution in [0.1, 0.15) is 117 Å². The van der Waals surface area contributed by atoms with Crippen LogP contribution in [-0.2, 0) is 0 Å². The fourth-order valence-electron chi connectivity index (χ4n) is 6.75. The Hall–Kier alpha value is 0. The van der Waals surface area contributed by atoms with E-state index in [1.54, 1.807) is 64.2 Å². The van der Waals surface area contributed by atoms with Crippen LogP contribution in [0.4, 0.5) is 0 Å². The van der Waals surface area contributed by atoms with Gasteiger partial charge in [-0.2, -0.15) is 0 Å². The Morgan fingerprint density at radius 3 is 1.08 bits per heavy atom. The Bertz CT molecular complexity index is 314. The van der Waals surface area contributed by atoms with Crippen LogP contribution in [0.3, 0.4) is 0 Å². The van der Waals surface area contributed by atoms with Crippen molar-refractivity contribution in [1.82, 2.24) is 0 Å². The molecule has 6 atom stereocenters. The first kappa shape index (κ1) is 18.8. The van der Waals surface area contributed by atoms with Crippen molar-refractivity contribution < 1.29 is 0 Å². The molecule has 6 unspecified atom stereocenters. The van der Waals surface area contributed by atoms with Gasteiger partial charge in [0.25, 0.3) is 0 Å². The van der Waals surface area contributed by atoms with Gasteiger partial charge in [-0.25, -0.2) is 0 Å². The molecule has 0 aliphatic heterocycles. The molecule has 3 rings (SSSR count). The molecule has 3 saturated carbocycles. The van der Waals surface area contributed by atoms with Crippen LogP contribution in [0.15, 0.2) is 0 Å². The van der Waals surface area contributed by atoms with Gasteiger partial charge in [0.1, 0.15) is 0 Å². The zero-order chi connectivity index (χ0) is 16.8. The maximum Gasteiger partial charge on any atom is -0.0409 e.